The lowest BCUT2D eigenvalue weighted by molar-refractivity contribution is -0.0794. The van der Waals surface area contributed by atoms with Crippen molar-refractivity contribution in [2.24, 2.45) is 0 Å². The summed E-state index contributed by atoms with van der Waals surface area (Å²) in [5.74, 6) is 0.154. The van der Waals surface area contributed by atoms with Crippen LogP contribution >= 0.6 is 0 Å². The Kier molecular flexibility index (Phi) is 5.88. The molecule has 11 nitrogen and oxygen atoms in total. The number of likely N-dealkylation sites (tertiary alicyclic amines) is 1. The molecule has 2 N–H and O–H groups in total. The average molecular weight is 499 g/mol. The number of anilines is 2. The summed E-state index contributed by atoms with van der Waals surface area (Å²) in [4.78, 5) is 11.3. The van der Waals surface area contributed by atoms with E-state index < -0.39 is 18.0 Å². The maximum atomic E-state index is 15.3. The number of rotatable bonds is 7. The van der Waals surface area contributed by atoms with E-state index in [0.29, 0.717) is 67.0 Å². The monoisotopic (exact) mass is 498 g/mol. The molecule has 2 atom stereocenters. The van der Waals surface area contributed by atoms with Gasteiger partial charge in [-0.05, 0) is 25.0 Å². The number of pyridine rings is 1. The Balaban J connectivity index is 1.32. The Hall–Kier alpha value is -3.45. The van der Waals surface area contributed by atoms with E-state index in [0.717, 1.165) is 13.0 Å². The number of aryl methyl sites for hydroxylation is 1. The molecule has 0 bridgehead atoms. The van der Waals surface area contributed by atoms with Gasteiger partial charge in [-0.25, -0.2) is 23.0 Å². The van der Waals surface area contributed by atoms with Gasteiger partial charge in [-0.3, -0.25) is 4.90 Å². The Morgan fingerprint density at radius 3 is 2.81 bits per heavy atom. The van der Waals surface area contributed by atoms with Gasteiger partial charge in [-0.2, -0.15) is 4.98 Å². The summed E-state index contributed by atoms with van der Waals surface area (Å²) in [6, 6.07) is 3.36. The van der Waals surface area contributed by atoms with Crippen LogP contribution in [-0.2, 0) is 11.3 Å². The molecule has 13 heteroatoms. The number of alkyl halides is 1. The van der Waals surface area contributed by atoms with Crippen LogP contribution in [0.4, 0.5) is 20.5 Å². The van der Waals surface area contributed by atoms with Crippen LogP contribution in [0.5, 0.6) is 0 Å². The Morgan fingerprint density at radius 2 is 2.08 bits per heavy atom. The van der Waals surface area contributed by atoms with E-state index in [1.807, 2.05) is 6.92 Å². The number of hydrogen-bond donors (Lipinski definition) is 2. The number of nitrogens with zero attached hydrogens (tertiary/aromatic N) is 8. The van der Waals surface area contributed by atoms with E-state index in [9.17, 15) is 4.39 Å². The molecule has 2 fully saturated rings. The molecule has 2 aliphatic rings. The molecular weight excluding hydrogens is 470 g/mol. The van der Waals surface area contributed by atoms with Crippen molar-refractivity contribution in [2.45, 2.75) is 44.6 Å². The van der Waals surface area contributed by atoms with Gasteiger partial charge in [0, 0.05) is 26.7 Å². The Labute approximate surface area is 205 Å². The average Bonchev–Trinajstić information content (AvgIpc) is 3.39. The van der Waals surface area contributed by atoms with Crippen LogP contribution in [0.15, 0.2) is 18.3 Å². The van der Waals surface area contributed by atoms with Crippen molar-refractivity contribution in [2.75, 3.05) is 44.0 Å². The van der Waals surface area contributed by atoms with Gasteiger partial charge >= 0.3 is 0 Å². The van der Waals surface area contributed by atoms with Crippen LogP contribution in [0.2, 0.25) is 0 Å². The lowest BCUT2D eigenvalue weighted by Gasteiger charge is -2.42. The van der Waals surface area contributed by atoms with Gasteiger partial charge in [-0.15, -0.1) is 10.2 Å². The third-order valence-corrected chi connectivity index (χ3v) is 6.90. The van der Waals surface area contributed by atoms with E-state index in [4.69, 9.17) is 4.74 Å². The molecular formula is C23H28F2N10O. The molecule has 36 heavy (non-hydrogen) atoms. The van der Waals surface area contributed by atoms with Gasteiger partial charge in [0.25, 0.3) is 0 Å². The summed E-state index contributed by atoms with van der Waals surface area (Å²) in [5, 5.41) is 18.9. The van der Waals surface area contributed by atoms with Gasteiger partial charge in [0.2, 0.25) is 5.95 Å². The van der Waals surface area contributed by atoms with E-state index in [-0.39, 0.29) is 11.5 Å². The van der Waals surface area contributed by atoms with E-state index in [1.165, 1.54) is 10.7 Å². The van der Waals surface area contributed by atoms with E-state index >= 15 is 4.39 Å². The molecule has 0 aliphatic carbocycles. The molecule has 190 valence electrons. The summed E-state index contributed by atoms with van der Waals surface area (Å²) in [7, 11) is 1.70. The summed E-state index contributed by atoms with van der Waals surface area (Å²) < 4.78 is 38.6. The number of fused-ring (bicyclic) bond motifs is 2. The van der Waals surface area contributed by atoms with Crippen molar-refractivity contribution in [3.05, 3.63) is 24.1 Å². The topological polar surface area (TPSA) is 110 Å². The first-order valence-electron chi connectivity index (χ1n) is 12.2. The van der Waals surface area contributed by atoms with Crippen molar-refractivity contribution >= 4 is 28.4 Å². The van der Waals surface area contributed by atoms with Crippen LogP contribution in [0.3, 0.4) is 0 Å². The molecule has 4 aromatic rings. The number of halogens is 2. The van der Waals surface area contributed by atoms with Crippen LogP contribution in [0, 0.1) is 5.82 Å². The largest absolute Gasteiger partial charge is 0.378 e. The predicted molar refractivity (Wildman–Crippen MR) is 130 cm³/mol. The van der Waals surface area contributed by atoms with Gasteiger partial charge < -0.3 is 15.4 Å². The second kappa shape index (κ2) is 9.21. The molecule has 0 unspecified atom stereocenters. The molecule has 0 aromatic carbocycles. The van der Waals surface area contributed by atoms with Gasteiger partial charge in [0.15, 0.2) is 17.3 Å². The second-order valence-electron chi connectivity index (χ2n) is 9.27. The number of aromatic nitrogens is 7. The third kappa shape index (κ3) is 3.91. The van der Waals surface area contributed by atoms with Crippen LogP contribution < -0.4 is 10.6 Å². The standard InChI is InChI=1S/C23H28F2N10O/c1-3-7-34-22-18(30-32-34)5-4-17(27-22)19-15(25)10-35-20(19)21(26-2)29-23(31-35)28-16-6-8-33(9-14(16)24)13-11-36-12-13/h4-5,10,13-14,16H,3,6-9,11-12H2,1-2H3,(H2,26,28,29,31)/t14-,16+/m1/s1. The summed E-state index contributed by atoms with van der Waals surface area (Å²) in [5.41, 5.74) is 2.38. The molecule has 6 rings (SSSR count). The summed E-state index contributed by atoms with van der Waals surface area (Å²) in [6.07, 6.45) is 1.70. The summed E-state index contributed by atoms with van der Waals surface area (Å²) >= 11 is 0. The number of hydrogen-bond acceptors (Lipinski definition) is 9. The zero-order valence-corrected chi connectivity index (χ0v) is 20.2. The molecule has 0 saturated carbocycles. The van der Waals surface area contributed by atoms with Gasteiger partial charge in [0.05, 0.1) is 42.8 Å². The van der Waals surface area contributed by atoms with Crippen molar-refractivity contribution in [3.8, 4) is 11.3 Å². The number of ether oxygens (including phenoxy) is 1. The van der Waals surface area contributed by atoms with Gasteiger partial charge in [0.1, 0.15) is 17.2 Å². The predicted octanol–water partition coefficient (Wildman–Crippen LogP) is 2.35. The minimum atomic E-state index is -1.08. The molecule has 0 spiro atoms. The van der Waals surface area contributed by atoms with Gasteiger partial charge in [-0.1, -0.05) is 12.1 Å². The highest BCUT2D eigenvalue weighted by Crippen LogP contribution is 2.33. The zero-order valence-electron chi connectivity index (χ0n) is 20.2. The lowest BCUT2D eigenvalue weighted by atomic mass is 10.0. The zero-order chi connectivity index (χ0) is 24.8. The van der Waals surface area contributed by atoms with Crippen LogP contribution in [0.25, 0.3) is 27.9 Å². The Morgan fingerprint density at radius 1 is 1.22 bits per heavy atom. The first-order valence-corrected chi connectivity index (χ1v) is 12.2. The molecule has 0 radical (unpaired) electrons. The molecule has 0 amide bonds. The highest BCUT2D eigenvalue weighted by Gasteiger charge is 2.35. The van der Waals surface area contributed by atoms with E-state index in [2.05, 4.69) is 40.9 Å². The second-order valence-corrected chi connectivity index (χ2v) is 9.27. The highest BCUT2D eigenvalue weighted by atomic mass is 19.1. The first-order chi connectivity index (χ1) is 17.6. The molecule has 2 saturated heterocycles. The fourth-order valence-corrected chi connectivity index (χ4v) is 4.91. The van der Waals surface area contributed by atoms with Crippen molar-refractivity contribution in [1.82, 2.24) is 39.5 Å². The van der Waals surface area contributed by atoms with Crippen LogP contribution in [-0.4, -0.2) is 91.1 Å². The molecule has 6 heterocycles. The lowest BCUT2D eigenvalue weighted by Crippen LogP contribution is -2.57. The molecule has 2 aliphatic heterocycles. The fraction of sp³-hybridized carbons (Fsp3) is 0.522. The maximum absolute atomic E-state index is 15.3. The smallest absolute Gasteiger partial charge is 0.243 e. The SMILES string of the molecule is CCCn1nnc2ccc(-c3c(F)cn4nc(N[C@H]5CCN(C6COC6)C[C@H]5F)nc(NC)c34)nc21. The Bertz CT molecular complexity index is 1400. The van der Waals surface area contributed by atoms with Crippen LogP contribution in [0.1, 0.15) is 19.8 Å². The highest BCUT2D eigenvalue weighted by molar-refractivity contribution is 5.89. The van der Waals surface area contributed by atoms with Crippen molar-refractivity contribution in [3.63, 3.8) is 0 Å². The maximum Gasteiger partial charge on any atom is 0.243 e. The first kappa shape index (κ1) is 23.0. The minimum Gasteiger partial charge on any atom is -0.378 e. The number of piperidine rings is 1. The normalized spacial score (nSPS) is 21.2. The number of nitrogens with one attached hydrogen (secondary N) is 2. The third-order valence-electron chi connectivity index (χ3n) is 6.90. The van der Waals surface area contributed by atoms with Crippen molar-refractivity contribution < 1.29 is 13.5 Å². The minimum absolute atomic E-state index is 0.232. The quantitative estimate of drug-likeness (QED) is 0.397. The molecule has 4 aromatic heterocycles. The van der Waals surface area contributed by atoms with E-state index in [1.54, 1.807) is 23.9 Å². The fourth-order valence-electron chi connectivity index (χ4n) is 4.91. The van der Waals surface area contributed by atoms with Crippen molar-refractivity contribution in [1.29, 1.82) is 0 Å². The summed E-state index contributed by atoms with van der Waals surface area (Å²) in [6.45, 7) is 5.14.